The third kappa shape index (κ3) is 10.6. The zero-order chi connectivity index (χ0) is 42.2. The number of imidazole rings is 1. The smallest absolute Gasteiger partial charge is 0.349 e. The molecule has 0 saturated carbocycles. The molecular weight excluding hydrogens is 846 g/mol. The Labute approximate surface area is 338 Å². The highest BCUT2D eigenvalue weighted by molar-refractivity contribution is 8.07. The quantitative estimate of drug-likeness (QED) is 0.100. The highest BCUT2D eigenvalue weighted by atomic mass is 32.5. The van der Waals surface area contributed by atoms with Crippen LogP contribution in [0.3, 0.4) is 0 Å². The van der Waals surface area contributed by atoms with Crippen LogP contribution < -0.4 is 16.6 Å². The highest BCUT2D eigenvalue weighted by Gasteiger charge is 2.52. The number of aromatic amines is 1. The fourth-order valence-electron chi connectivity index (χ4n) is 5.85. The molecule has 21 nitrogen and oxygen atoms in total. The molecule has 4 aromatic rings. The minimum absolute atomic E-state index is 0.00175. The van der Waals surface area contributed by atoms with Crippen LogP contribution in [0.25, 0.3) is 11.2 Å². The Kier molecular flexibility index (Phi) is 14.6. The van der Waals surface area contributed by atoms with Gasteiger partial charge in [0.05, 0.1) is 57.7 Å². The van der Waals surface area contributed by atoms with Crippen molar-refractivity contribution >= 4 is 49.2 Å². The number of benzene rings is 1. The van der Waals surface area contributed by atoms with Gasteiger partial charge in [0.2, 0.25) is 0 Å². The van der Waals surface area contributed by atoms with E-state index < -0.39 is 94.6 Å². The molecule has 2 fully saturated rings. The van der Waals surface area contributed by atoms with E-state index in [-0.39, 0.29) is 42.9 Å². The number of nitriles is 2. The molecule has 0 radical (unpaired) electrons. The summed E-state index contributed by atoms with van der Waals surface area (Å²) in [4.78, 5) is 51.6. The number of carbonyl (C=O) groups excluding carboxylic acids is 1. The zero-order valence-corrected chi connectivity index (χ0v) is 33.4. The number of nitrogens with one attached hydrogen (secondary N) is 2. The van der Waals surface area contributed by atoms with Crippen LogP contribution >= 0.6 is 14.5 Å². The van der Waals surface area contributed by atoms with Crippen molar-refractivity contribution in [2.45, 2.75) is 62.4 Å². The van der Waals surface area contributed by atoms with Gasteiger partial charge < -0.3 is 28.4 Å². The number of alkyl halides is 2. The molecule has 5 heterocycles. The largest absolute Gasteiger partial charge is 0.475 e. The fraction of sp³-hybridized carbons (Fsp3) is 0.455. The van der Waals surface area contributed by atoms with Gasteiger partial charge in [0, 0.05) is 31.4 Å². The van der Waals surface area contributed by atoms with Gasteiger partial charge in [0.25, 0.3) is 11.5 Å². The summed E-state index contributed by atoms with van der Waals surface area (Å²) in [7, 11) is -3.77. The molecule has 2 N–H and O–H groups in total. The van der Waals surface area contributed by atoms with Crippen molar-refractivity contribution in [3.8, 4) is 12.1 Å². The van der Waals surface area contributed by atoms with Crippen molar-refractivity contribution in [2.24, 2.45) is 0 Å². The average molecular weight is 882 g/mol. The van der Waals surface area contributed by atoms with Gasteiger partial charge in [0.1, 0.15) is 37.0 Å². The topological polar surface area (TPSA) is 266 Å². The number of carbonyl (C=O) groups is 1. The molecule has 314 valence electrons. The normalized spacial score (nSPS) is 24.9. The monoisotopic (exact) mass is 881 g/mol. The number of amides is 1. The summed E-state index contributed by atoms with van der Waals surface area (Å²) in [6, 6.07) is 13.0. The maximum Gasteiger partial charge on any atom is 0.475 e. The number of hydrogen-bond acceptors (Lipinski definition) is 18. The molecule has 2 unspecified atom stereocenters. The van der Waals surface area contributed by atoms with Gasteiger partial charge in [0.15, 0.2) is 29.4 Å². The first-order valence-electron chi connectivity index (χ1n) is 17.6. The Morgan fingerprint density at radius 3 is 2.44 bits per heavy atom. The molecule has 59 heavy (non-hydrogen) atoms. The Bertz CT molecular complexity index is 2420. The van der Waals surface area contributed by atoms with Gasteiger partial charge in [-0.15, -0.1) is 0 Å². The summed E-state index contributed by atoms with van der Waals surface area (Å²) < 4.78 is 93.2. The lowest BCUT2D eigenvalue weighted by Gasteiger charge is -2.26. The fourth-order valence-corrected chi connectivity index (χ4v) is 8.55. The predicted octanol–water partition coefficient (Wildman–Crippen LogP) is 3.75. The minimum atomic E-state index is -4.98. The van der Waals surface area contributed by atoms with Crippen molar-refractivity contribution in [2.75, 3.05) is 38.9 Å². The van der Waals surface area contributed by atoms with Gasteiger partial charge >= 0.3 is 20.2 Å². The molecule has 2 aliphatic rings. The van der Waals surface area contributed by atoms with E-state index in [1.54, 1.807) is 36.4 Å². The maximum absolute atomic E-state index is 16.7. The molecule has 0 aliphatic carbocycles. The summed E-state index contributed by atoms with van der Waals surface area (Å²) in [6.45, 7) is -5.61. The number of halogens is 2. The molecule has 3 aromatic heterocycles. The van der Waals surface area contributed by atoms with E-state index in [9.17, 15) is 18.9 Å². The zero-order valence-electron chi connectivity index (χ0n) is 30.8. The third-order valence-electron chi connectivity index (χ3n) is 8.68. The second-order valence-electron chi connectivity index (χ2n) is 12.5. The average Bonchev–Trinajstić information content (AvgIpc) is 3.91. The van der Waals surface area contributed by atoms with Crippen molar-refractivity contribution in [1.29, 1.82) is 10.5 Å². The van der Waals surface area contributed by atoms with Crippen LogP contribution in [0.5, 0.6) is 0 Å². The molecular formula is C33H35F2N9O12P2S. The minimum Gasteiger partial charge on any atom is -0.349 e. The summed E-state index contributed by atoms with van der Waals surface area (Å²) in [6.07, 6.45) is -8.96. The van der Waals surface area contributed by atoms with E-state index in [0.717, 1.165) is 23.2 Å². The number of phosphoric ester groups is 1. The lowest BCUT2D eigenvalue weighted by molar-refractivity contribution is -0.0586. The van der Waals surface area contributed by atoms with E-state index in [4.69, 9.17) is 58.9 Å². The van der Waals surface area contributed by atoms with Crippen LogP contribution in [-0.4, -0.2) is 99.2 Å². The number of rotatable bonds is 19. The molecule has 6 rings (SSSR count). The lowest BCUT2D eigenvalue weighted by Crippen LogP contribution is -2.33. The lowest BCUT2D eigenvalue weighted by atomic mass is 10.1. The van der Waals surface area contributed by atoms with Crippen LogP contribution in [0.2, 0.25) is 0 Å². The van der Waals surface area contributed by atoms with Crippen LogP contribution in [0.15, 0.2) is 64.8 Å². The number of H-pyrrole nitrogens is 1. The third-order valence-corrected chi connectivity index (χ3v) is 12.6. The Morgan fingerprint density at radius 2 is 1.73 bits per heavy atom. The van der Waals surface area contributed by atoms with Crippen molar-refractivity contribution in [3.63, 3.8) is 0 Å². The molecule has 0 bridgehead atoms. The van der Waals surface area contributed by atoms with Crippen molar-refractivity contribution in [3.05, 3.63) is 81.7 Å². The number of ether oxygens (including phenoxy) is 2. The van der Waals surface area contributed by atoms with Gasteiger partial charge in [-0.2, -0.15) is 10.5 Å². The van der Waals surface area contributed by atoms with E-state index in [1.807, 2.05) is 11.1 Å². The Hall–Kier alpha value is -4.68. The van der Waals surface area contributed by atoms with E-state index in [2.05, 4.69) is 20.3 Å². The van der Waals surface area contributed by atoms with E-state index in [1.165, 1.54) is 18.0 Å². The van der Waals surface area contributed by atoms with E-state index >= 15 is 8.78 Å². The Balaban J connectivity index is 1.28. The van der Waals surface area contributed by atoms with Gasteiger partial charge in [-0.3, -0.25) is 37.3 Å². The van der Waals surface area contributed by atoms with Gasteiger partial charge in [-0.1, -0.05) is 18.2 Å². The van der Waals surface area contributed by atoms with E-state index in [0.29, 0.717) is 5.56 Å². The number of anilines is 1. The first kappa shape index (κ1) is 43.9. The number of nitrogens with zero attached hydrogens (tertiary/aromatic N) is 7. The van der Waals surface area contributed by atoms with Gasteiger partial charge in [-0.25, -0.2) is 33.1 Å². The standard InChI is InChI=1S/C33H35F2N9O12P2S/c1-49-58(59,51-14-6-11-37)53-17-23-26(35)28(32(55-23)44-19-40-27-29(38-18-39-30(27)44)42-31(46)20-7-3-2-4-8-20)56-57(48,50-13-5-10-36)52-16-22-21(34)15-25(54-22)43-12-9-24(45)41-33(43)47/h2-4,7-9,12,18-19,21-23,25-26,28,32H,5-6,13-17H2,1H3,(H,41,45,47)(H,38,39,42,46)/t21-,22+,23+,25+,26+,28+,32+,57?,58?/m0/s1. The Morgan fingerprint density at radius 1 is 1.00 bits per heavy atom. The van der Waals surface area contributed by atoms with Gasteiger partial charge in [-0.05, 0) is 23.9 Å². The molecule has 9 atom stereocenters. The number of aromatic nitrogens is 6. The molecule has 2 aliphatic heterocycles. The van der Waals surface area contributed by atoms with Crippen LogP contribution in [0, 0.1) is 22.7 Å². The maximum atomic E-state index is 16.7. The molecule has 26 heteroatoms. The predicted molar refractivity (Wildman–Crippen MR) is 201 cm³/mol. The summed E-state index contributed by atoms with van der Waals surface area (Å²) in [5.41, 5.74) is -1.17. The SMILES string of the molecule is COP(=S)(OCCC#N)OC[C@H]1O[C@@H](n2cnc3c(NC(=O)c4ccccc4)ncnc32)[C@H](OP(=O)(OCCC#N)OC[C@H]2O[C@@H](n3ccc(=O)[nH]c3=O)C[C@@H]2F)[C@@H]1F. The number of phosphoric acid groups is 1. The second kappa shape index (κ2) is 19.6. The summed E-state index contributed by atoms with van der Waals surface area (Å²) in [5.74, 6) is -0.532. The second-order valence-corrected chi connectivity index (χ2v) is 17.2. The number of hydrogen-bond donors (Lipinski definition) is 2. The molecule has 1 aromatic carbocycles. The molecule has 2 saturated heterocycles. The highest BCUT2D eigenvalue weighted by Crippen LogP contribution is 2.56. The van der Waals surface area contributed by atoms with Crippen molar-refractivity contribution < 1.29 is 54.8 Å². The van der Waals surface area contributed by atoms with Crippen LogP contribution in [0.4, 0.5) is 14.6 Å². The number of fused-ring (bicyclic) bond motifs is 1. The molecule has 0 spiro atoms. The summed E-state index contributed by atoms with van der Waals surface area (Å²) in [5, 5.41) is 20.7. The first-order valence-corrected chi connectivity index (χ1v) is 21.6. The van der Waals surface area contributed by atoms with Crippen LogP contribution in [0.1, 0.15) is 42.1 Å². The van der Waals surface area contributed by atoms with Crippen LogP contribution in [-0.2, 0) is 53.0 Å². The van der Waals surface area contributed by atoms with Crippen molar-refractivity contribution in [1.82, 2.24) is 29.1 Å². The first-order chi connectivity index (χ1) is 28.4. The summed E-state index contributed by atoms with van der Waals surface area (Å²) >= 11 is 5.34. The molecule has 1 amide bonds.